The average molecular weight is 277 g/mol. The third-order valence-corrected chi connectivity index (χ3v) is 3.80. The quantitative estimate of drug-likeness (QED) is 0.385. The van der Waals surface area contributed by atoms with Gasteiger partial charge in [0.15, 0.2) is 5.84 Å². The zero-order valence-electron chi connectivity index (χ0n) is 12.3. The van der Waals surface area contributed by atoms with Crippen molar-refractivity contribution in [2.24, 2.45) is 22.7 Å². The van der Waals surface area contributed by atoms with Crippen LogP contribution in [0.3, 0.4) is 0 Å². The number of hydrogen-bond acceptors (Lipinski definition) is 4. The Hall–Kier alpha value is -1.78. The van der Waals surface area contributed by atoms with Crippen molar-refractivity contribution in [3.63, 3.8) is 0 Å². The third kappa shape index (κ3) is 3.40. The van der Waals surface area contributed by atoms with Crippen LogP contribution in [0.1, 0.15) is 44.4 Å². The number of amidine groups is 1. The van der Waals surface area contributed by atoms with Crippen molar-refractivity contribution in [1.29, 1.82) is 0 Å². The van der Waals surface area contributed by atoms with E-state index >= 15 is 0 Å². The van der Waals surface area contributed by atoms with Crippen LogP contribution >= 0.6 is 0 Å². The van der Waals surface area contributed by atoms with Gasteiger partial charge in [-0.25, -0.2) is 4.98 Å². The zero-order valence-corrected chi connectivity index (χ0v) is 12.3. The second kappa shape index (κ2) is 6.11. The smallest absolute Gasteiger partial charge is 0.225 e. The van der Waals surface area contributed by atoms with Crippen molar-refractivity contribution in [2.45, 2.75) is 46.1 Å². The molecule has 0 saturated heterocycles. The van der Waals surface area contributed by atoms with Crippen LogP contribution in [-0.4, -0.2) is 22.1 Å². The van der Waals surface area contributed by atoms with Crippen molar-refractivity contribution < 1.29 is 9.94 Å². The summed E-state index contributed by atoms with van der Waals surface area (Å²) in [6, 6.07) is 3.61. The summed E-state index contributed by atoms with van der Waals surface area (Å²) >= 11 is 0. The van der Waals surface area contributed by atoms with Crippen LogP contribution in [0.25, 0.3) is 0 Å². The molecule has 1 aliphatic rings. The summed E-state index contributed by atoms with van der Waals surface area (Å²) in [5.41, 5.74) is 7.08. The molecule has 1 aliphatic carbocycles. The lowest BCUT2D eigenvalue weighted by molar-refractivity contribution is 0.0963. The van der Waals surface area contributed by atoms with Crippen LogP contribution in [0.4, 0.5) is 0 Å². The largest absolute Gasteiger partial charge is 0.474 e. The zero-order chi connectivity index (χ0) is 14.7. The Kier molecular flexibility index (Phi) is 4.47. The minimum Gasteiger partial charge on any atom is -0.474 e. The number of ether oxygens (including phenoxy) is 1. The van der Waals surface area contributed by atoms with E-state index in [1.54, 1.807) is 6.07 Å². The molecular weight excluding hydrogens is 254 g/mol. The van der Waals surface area contributed by atoms with Gasteiger partial charge in [-0.15, -0.1) is 0 Å². The Morgan fingerprint density at radius 3 is 2.55 bits per heavy atom. The third-order valence-electron chi connectivity index (χ3n) is 3.80. The summed E-state index contributed by atoms with van der Waals surface area (Å²) in [7, 11) is 0. The first-order valence-corrected chi connectivity index (χ1v) is 7.11. The van der Waals surface area contributed by atoms with Crippen LogP contribution in [0.15, 0.2) is 17.3 Å². The number of nitrogens with two attached hydrogens (primary N) is 1. The van der Waals surface area contributed by atoms with E-state index in [4.69, 9.17) is 15.7 Å². The molecule has 0 aliphatic heterocycles. The highest BCUT2D eigenvalue weighted by Gasteiger charge is 2.26. The number of nitrogens with zero attached hydrogens (tertiary/aromatic N) is 2. The van der Waals surface area contributed by atoms with Crippen LogP contribution in [-0.2, 0) is 0 Å². The van der Waals surface area contributed by atoms with Gasteiger partial charge in [0.25, 0.3) is 0 Å². The second-order valence-electron chi connectivity index (χ2n) is 5.95. The number of aryl methyl sites for hydroxylation is 1. The van der Waals surface area contributed by atoms with Gasteiger partial charge < -0.3 is 15.7 Å². The Bertz CT molecular complexity index is 492. The van der Waals surface area contributed by atoms with E-state index in [9.17, 15) is 0 Å². The first-order valence-electron chi connectivity index (χ1n) is 7.11. The van der Waals surface area contributed by atoms with Crippen molar-refractivity contribution in [3.05, 3.63) is 23.4 Å². The van der Waals surface area contributed by atoms with E-state index in [0.29, 0.717) is 23.3 Å². The molecule has 0 bridgehead atoms. The maximum atomic E-state index is 8.85. The molecule has 2 atom stereocenters. The van der Waals surface area contributed by atoms with Gasteiger partial charge in [-0.3, -0.25) is 0 Å². The molecule has 20 heavy (non-hydrogen) atoms. The summed E-state index contributed by atoms with van der Waals surface area (Å²) in [6.07, 6.45) is 3.44. The Morgan fingerprint density at radius 1 is 1.30 bits per heavy atom. The van der Waals surface area contributed by atoms with Gasteiger partial charge in [0.05, 0.1) is 5.56 Å². The Balaban J connectivity index is 2.21. The Labute approximate surface area is 119 Å². The molecule has 1 aromatic heterocycles. The molecule has 1 saturated carbocycles. The topological polar surface area (TPSA) is 80.7 Å². The van der Waals surface area contributed by atoms with Gasteiger partial charge in [-0.05, 0) is 50.2 Å². The van der Waals surface area contributed by atoms with Gasteiger partial charge in [-0.1, -0.05) is 19.0 Å². The summed E-state index contributed by atoms with van der Waals surface area (Å²) in [5.74, 6) is 1.80. The van der Waals surface area contributed by atoms with E-state index < -0.39 is 0 Å². The van der Waals surface area contributed by atoms with E-state index in [1.807, 2.05) is 13.0 Å². The number of rotatable bonds is 3. The van der Waals surface area contributed by atoms with Crippen LogP contribution in [0.5, 0.6) is 5.88 Å². The van der Waals surface area contributed by atoms with Crippen molar-refractivity contribution >= 4 is 5.84 Å². The minimum absolute atomic E-state index is 0.0319. The second-order valence-corrected chi connectivity index (χ2v) is 5.95. The fourth-order valence-electron chi connectivity index (χ4n) is 3.00. The van der Waals surface area contributed by atoms with Crippen LogP contribution < -0.4 is 10.5 Å². The molecule has 0 amide bonds. The minimum atomic E-state index is 0.0319. The summed E-state index contributed by atoms with van der Waals surface area (Å²) in [6.45, 7) is 6.40. The molecule has 1 heterocycles. The molecule has 1 aromatic rings. The lowest BCUT2D eigenvalue weighted by Gasteiger charge is -2.31. The van der Waals surface area contributed by atoms with Crippen LogP contribution in [0, 0.1) is 18.8 Å². The maximum Gasteiger partial charge on any atom is 0.225 e. The first kappa shape index (κ1) is 14.6. The van der Waals surface area contributed by atoms with E-state index in [0.717, 1.165) is 18.5 Å². The van der Waals surface area contributed by atoms with Crippen molar-refractivity contribution in [2.75, 3.05) is 0 Å². The normalized spacial score (nSPS) is 27.4. The number of pyridine rings is 1. The molecule has 0 spiro atoms. The van der Waals surface area contributed by atoms with Crippen molar-refractivity contribution in [3.8, 4) is 5.88 Å². The van der Waals surface area contributed by atoms with Gasteiger partial charge in [0, 0.05) is 5.69 Å². The molecule has 110 valence electrons. The summed E-state index contributed by atoms with van der Waals surface area (Å²) in [4.78, 5) is 4.39. The molecule has 0 radical (unpaired) electrons. The fraction of sp³-hybridized carbons (Fsp3) is 0.600. The number of aromatic nitrogens is 1. The summed E-state index contributed by atoms with van der Waals surface area (Å²) < 4.78 is 6.05. The molecule has 5 heteroatoms. The molecular formula is C15H23N3O2. The molecule has 1 fully saturated rings. The molecule has 2 unspecified atom stereocenters. The lowest BCUT2D eigenvalue weighted by atomic mass is 9.82. The van der Waals surface area contributed by atoms with Gasteiger partial charge >= 0.3 is 0 Å². The maximum absolute atomic E-state index is 8.85. The van der Waals surface area contributed by atoms with Crippen LogP contribution in [0.2, 0.25) is 0 Å². The molecule has 2 rings (SSSR count). The monoisotopic (exact) mass is 277 g/mol. The predicted molar refractivity (Wildman–Crippen MR) is 78.1 cm³/mol. The molecule has 5 nitrogen and oxygen atoms in total. The molecule has 0 aromatic carbocycles. The summed E-state index contributed by atoms with van der Waals surface area (Å²) in [5, 5.41) is 11.9. The highest BCUT2D eigenvalue weighted by molar-refractivity contribution is 5.99. The highest BCUT2D eigenvalue weighted by Crippen LogP contribution is 2.31. The van der Waals surface area contributed by atoms with Crippen molar-refractivity contribution in [1.82, 2.24) is 4.98 Å². The number of oxime groups is 1. The first-order chi connectivity index (χ1) is 9.49. The van der Waals surface area contributed by atoms with E-state index in [-0.39, 0.29) is 11.9 Å². The average Bonchev–Trinajstić information content (AvgIpc) is 2.37. The highest BCUT2D eigenvalue weighted by atomic mass is 16.5. The predicted octanol–water partition coefficient (Wildman–Crippen LogP) is 2.69. The molecule has 3 N–H and O–H groups in total. The number of hydrogen-bond donors (Lipinski definition) is 2. The van der Waals surface area contributed by atoms with E-state index in [2.05, 4.69) is 24.0 Å². The Morgan fingerprint density at radius 2 is 1.95 bits per heavy atom. The van der Waals surface area contributed by atoms with Gasteiger partial charge in [0.2, 0.25) is 5.88 Å². The SMILES string of the molecule is Cc1ccc(C(N)=NO)c(OC2CC(C)CC(C)C2)n1. The van der Waals surface area contributed by atoms with Gasteiger partial charge in [-0.2, -0.15) is 0 Å². The lowest BCUT2D eigenvalue weighted by Crippen LogP contribution is -2.29. The standard InChI is InChI=1S/C15H23N3O2/c1-9-6-10(2)8-12(7-9)20-15-13(14(16)18-19)5-4-11(3)17-15/h4-5,9-10,12,19H,6-8H2,1-3H3,(H2,16,18). The van der Waals surface area contributed by atoms with E-state index in [1.165, 1.54) is 6.42 Å². The van der Waals surface area contributed by atoms with Gasteiger partial charge in [0.1, 0.15) is 6.10 Å². The fourth-order valence-corrected chi connectivity index (χ4v) is 3.00.